The van der Waals surface area contributed by atoms with Crippen LogP contribution < -0.4 is 15.0 Å². The molecule has 0 aromatic heterocycles. The van der Waals surface area contributed by atoms with Gasteiger partial charge in [-0.1, -0.05) is 13.8 Å². The van der Waals surface area contributed by atoms with Crippen LogP contribution in [0.1, 0.15) is 32.3 Å². The summed E-state index contributed by atoms with van der Waals surface area (Å²) in [5, 5.41) is 11.2. The van der Waals surface area contributed by atoms with Gasteiger partial charge in [0.05, 0.1) is 59.3 Å². The number of aliphatic carboxylic acids is 1. The van der Waals surface area contributed by atoms with Gasteiger partial charge in [0, 0.05) is 18.8 Å². The van der Waals surface area contributed by atoms with E-state index in [4.69, 9.17) is 40.4 Å². The monoisotopic (exact) mass is 560 g/mol. The number of hydrogen-bond donors (Lipinski definition) is 2. The number of carbonyl (C=O) groups is 3. The standard InChI is InChI=1S/C24H35ClN2O9.C2H6/c25-17-23(29)27-7-1-2-19-16-20(3-4-21(19)27)36-18-22(28)26-6-9-33-11-13-35-15-14-34-12-10-32-8-5-24(30)31;1-2/h3-4,16H,1-2,5-15,17-18H2,(H,26,28)(H,30,31);1-2H3. The third-order valence-electron chi connectivity index (χ3n) is 5.10. The second kappa shape index (κ2) is 21.5. The lowest BCUT2D eigenvalue weighted by atomic mass is 10.0. The maximum absolute atomic E-state index is 12.0. The number of halogens is 1. The summed E-state index contributed by atoms with van der Waals surface area (Å²) in [7, 11) is 0. The summed E-state index contributed by atoms with van der Waals surface area (Å²) in [6.45, 7) is 7.76. The van der Waals surface area contributed by atoms with Gasteiger partial charge < -0.3 is 39.0 Å². The van der Waals surface area contributed by atoms with Crippen molar-refractivity contribution in [3.8, 4) is 5.75 Å². The molecule has 0 saturated heterocycles. The second-order valence-electron chi connectivity index (χ2n) is 7.80. The molecule has 0 atom stereocenters. The first-order valence-corrected chi connectivity index (χ1v) is 13.5. The van der Waals surface area contributed by atoms with Crippen molar-refractivity contribution in [2.75, 3.05) is 83.3 Å². The van der Waals surface area contributed by atoms with E-state index in [1.165, 1.54) is 0 Å². The molecule has 0 aliphatic carbocycles. The zero-order chi connectivity index (χ0) is 28.0. The van der Waals surface area contributed by atoms with Gasteiger partial charge in [-0.05, 0) is 36.6 Å². The highest BCUT2D eigenvalue weighted by Gasteiger charge is 2.22. The van der Waals surface area contributed by atoms with Crippen molar-refractivity contribution < 1.29 is 43.2 Å². The fourth-order valence-corrected chi connectivity index (χ4v) is 3.52. The number of ether oxygens (including phenoxy) is 5. The molecule has 1 aliphatic rings. The molecule has 1 aromatic carbocycles. The molecule has 11 nitrogen and oxygen atoms in total. The van der Waals surface area contributed by atoms with Gasteiger partial charge in [-0.15, -0.1) is 11.6 Å². The van der Waals surface area contributed by atoms with Gasteiger partial charge in [0.2, 0.25) is 5.91 Å². The van der Waals surface area contributed by atoms with Gasteiger partial charge in [-0.2, -0.15) is 0 Å². The molecule has 0 unspecified atom stereocenters. The van der Waals surface area contributed by atoms with E-state index in [1.807, 2.05) is 26.0 Å². The Kier molecular flexibility index (Phi) is 19.0. The minimum Gasteiger partial charge on any atom is -0.484 e. The number of benzene rings is 1. The number of anilines is 1. The molecule has 1 aliphatic heterocycles. The van der Waals surface area contributed by atoms with E-state index in [0.717, 1.165) is 24.1 Å². The number of aryl methyl sites for hydroxylation is 1. The molecule has 12 heteroatoms. The number of carboxylic acid groups (broad SMARTS) is 1. The predicted molar refractivity (Wildman–Crippen MR) is 143 cm³/mol. The van der Waals surface area contributed by atoms with Gasteiger partial charge in [-0.25, -0.2) is 0 Å². The third kappa shape index (κ3) is 14.5. The normalized spacial score (nSPS) is 12.2. The van der Waals surface area contributed by atoms with E-state index in [0.29, 0.717) is 65.1 Å². The number of amides is 2. The molecule has 0 radical (unpaired) electrons. The summed E-state index contributed by atoms with van der Waals surface area (Å²) in [6, 6.07) is 5.44. The summed E-state index contributed by atoms with van der Waals surface area (Å²) in [5.74, 6) is -0.745. The van der Waals surface area contributed by atoms with Crippen molar-refractivity contribution in [1.29, 1.82) is 0 Å². The average molecular weight is 561 g/mol. The molecule has 2 amide bonds. The summed E-state index contributed by atoms with van der Waals surface area (Å²) in [6.07, 6.45) is 1.67. The van der Waals surface area contributed by atoms with Crippen LogP contribution >= 0.6 is 11.6 Å². The first-order valence-electron chi connectivity index (χ1n) is 12.9. The Morgan fingerprint density at radius 1 is 0.947 bits per heavy atom. The van der Waals surface area contributed by atoms with Crippen molar-refractivity contribution in [3.63, 3.8) is 0 Å². The molecule has 0 saturated carbocycles. The van der Waals surface area contributed by atoms with Crippen molar-refractivity contribution >= 4 is 35.1 Å². The summed E-state index contributed by atoms with van der Waals surface area (Å²) < 4.78 is 26.8. The molecule has 216 valence electrons. The van der Waals surface area contributed by atoms with Crippen LogP contribution in [0, 0.1) is 0 Å². The smallest absolute Gasteiger partial charge is 0.305 e. The minimum absolute atomic E-state index is 0.0182. The lowest BCUT2D eigenvalue weighted by molar-refractivity contribution is -0.138. The van der Waals surface area contributed by atoms with Gasteiger partial charge in [0.25, 0.3) is 5.91 Å². The number of nitrogens with zero attached hydrogens (tertiary/aromatic N) is 1. The highest BCUT2D eigenvalue weighted by molar-refractivity contribution is 6.29. The first-order chi connectivity index (χ1) is 18.5. The third-order valence-corrected chi connectivity index (χ3v) is 5.33. The Morgan fingerprint density at radius 2 is 1.55 bits per heavy atom. The average Bonchev–Trinajstić information content (AvgIpc) is 2.94. The van der Waals surface area contributed by atoms with Crippen LogP contribution in [0.15, 0.2) is 18.2 Å². The van der Waals surface area contributed by atoms with Crippen molar-refractivity contribution in [3.05, 3.63) is 23.8 Å². The number of alkyl halides is 1. The number of carboxylic acids is 1. The van der Waals surface area contributed by atoms with Gasteiger partial charge in [0.15, 0.2) is 6.61 Å². The lowest BCUT2D eigenvalue weighted by Gasteiger charge is -2.29. The topological polar surface area (TPSA) is 133 Å². The number of rotatable bonds is 19. The van der Waals surface area contributed by atoms with Gasteiger partial charge in [0.1, 0.15) is 11.6 Å². The van der Waals surface area contributed by atoms with E-state index in [-0.39, 0.29) is 37.3 Å². The van der Waals surface area contributed by atoms with Crippen molar-refractivity contribution in [2.24, 2.45) is 0 Å². The minimum atomic E-state index is -0.888. The molecular weight excluding hydrogens is 520 g/mol. The summed E-state index contributed by atoms with van der Waals surface area (Å²) in [4.78, 5) is 36.0. The van der Waals surface area contributed by atoms with Crippen LogP contribution in [0.3, 0.4) is 0 Å². The van der Waals surface area contributed by atoms with E-state index in [1.54, 1.807) is 11.0 Å². The Morgan fingerprint density at radius 3 is 2.16 bits per heavy atom. The van der Waals surface area contributed by atoms with Gasteiger partial charge in [-0.3, -0.25) is 14.4 Å². The van der Waals surface area contributed by atoms with Crippen LogP contribution in [-0.4, -0.2) is 101 Å². The van der Waals surface area contributed by atoms with E-state index < -0.39 is 5.97 Å². The first kappa shape index (κ1) is 33.6. The van der Waals surface area contributed by atoms with E-state index in [2.05, 4.69) is 5.32 Å². The lowest BCUT2D eigenvalue weighted by Crippen LogP contribution is -2.36. The van der Waals surface area contributed by atoms with Crippen LogP contribution in [-0.2, 0) is 39.8 Å². The highest BCUT2D eigenvalue weighted by atomic mass is 35.5. The molecule has 0 bridgehead atoms. The highest BCUT2D eigenvalue weighted by Crippen LogP contribution is 2.30. The van der Waals surface area contributed by atoms with Gasteiger partial charge >= 0.3 is 5.97 Å². The second-order valence-corrected chi connectivity index (χ2v) is 8.07. The van der Waals surface area contributed by atoms with Crippen LogP contribution in [0.4, 0.5) is 5.69 Å². The number of nitrogens with one attached hydrogen (secondary N) is 1. The molecule has 1 heterocycles. The predicted octanol–water partition coefficient (Wildman–Crippen LogP) is 2.27. The van der Waals surface area contributed by atoms with E-state index in [9.17, 15) is 14.4 Å². The quantitative estimate of drug-likeness (QED) is 0.193. The van der Waals surface area contributed by atoms with Crippen LogP contribution in [0.25, 0.3) is 0 Å². The Bertz CT molecular complexity index is 826. The van der Waals surface area contributed by atoms with Crippen molar-refractivity contribution in [2.45, 2.75) is 33.1 Å². The summed E-state index contributed by atoms with van der Waals surface area (Å²) >= 11 is 5.70. The molecule has 38 heavy (non-hydrogen) atoms. The molecule has 2 N–H and O–H groups in total. The zero-order valence-electron chi connectivity index (χ0n) is 22.4. The SMILES string of the molecule is CC.O=C(O)CCOCCOCCOCCOCCNC(=O)COc1ccc2c(c1)CCCN2C(=O)CCl. The molecule has 0 spiro atoms. The Hall–Kier alpha value is -2.44. The Balaban J connectivity index is 0.00000352. The summed E-state index contributed by atoms with van der Waals surface area (Å²) in [5.41, 5.74) is 1.85. The molecule has 2 rings (SSSR count). The maximum atomic E-state index is 12.0. The number of hydrogen-bond acceptors (Lipinski definition) is 8. The molecule has 1 aromatic rings. The molecule has 0 fully saturated rings. The number of carbonyl (C=O) groups excluding carboxylic acids is 2. The largest absolute Gasteiger partial charge is 0.484 e. The van der Waals surface area contributed by atoms with E-state index >= 15 is 0 Å². The number of fused-ring (bicyclic) bond motifs is 1. The van der Waals surface area contributed by atoms with Crippen LogP contribution in [0.2, 0.25) is 0 Å². The fourth-order valence-electron chi connectivity index (χ4n) is 3.38. The fraction of sp³-hybridized carbons (Fsp3) is 0.654. The molecular formula is C26H41ClN2O9. The van der Waals surface area contributed by atoms with Crippen molar-refractivity contribution in [1.82, 2.24) is 5.32 Å². The Labute approximate surface area is 229 Å². The van der Waals surface area contributed by atoms with Crippen LogP contribution in [0.5, 0.6) is 5.75 Å². The maximum Gasteiger partial charge on any atom is 0.305 e. The zero-order valence-corrected chi connectivity index (χ0v) is 23.1.